The molecule has 9 heteroatoms. The van der Waals surface area contributed by atoms with Crippen molar-refractivity contribution in [1.82, 2.24) is 19.2 Å². The lowest BCUT2D eigenvalue weighted by Gasteiger charge is -2.14. The van der Waals surface area contributed by atoms with Gasteiger partial charge >= 0.3 is 5.97 Å². The lowest BCUT2D eigenvalue weighted by molar-refractivity contribution is -0.139. The van der Waals surface area contributed by atoms with E-state index in [0.29, 0.717) is 0 Å². The molecular weight excluding hydrogens is 272 g/mol. The molecule has 0 fully saturated rings. The summed E-state index contributed by atoms with van der Waals surface area (Å²) in [7, 11) is -2.26. The number of aliphatic carboxylic acids is 1. The van der Waals surface area contributed by atoms with E-state index in [1.807, 2.05) is 13.8 Å². The van der Waals surface area contributed by atoms with Crippen LogP contribution in [0.2, 0.25) is 0 Å². The zero-order valence-electron chi connectivity index (χ0n) is 11.0. The summed E-state index contributed by atoms with van der Waals surface area (Å²) < 4.78 is 29.2. The molecule has 1 unspecified atom stereocenters. The Morgan fingerprint density at radius 3 is 2.58 bits per heavy atom. The summed E-state index contributed by atoms with van der Waals surface area (Å²) in [6.45, 7) is 3.92. The summed E-state index contributed by atoms with van der Waals surface area (Å²) >= 11 is 0. The summed E-state index contributed by atoms with van der Waals surface area (Å²) in [5, 5.41) is 12.9. The van der Waals surface area contributed by atoms with Gasteiger partial charge in [0.1, 0.15) is 6.04 Å². The maximum absolute atomic E-state index is 11.7. The van der Waals surface area contributed by atoms with Crippen molar-refractivity contribution in [2.45, 2.75) is 19.9 Å². The molecule has 1 rings (SSSR count). The van der Waals surface area contributed by atoms with Crippen molar-refractivity contribution in [3.8, 4) is 0 Å². The first-order chi connectivity index (χ1) is 8.71. The number of aryl methyl sites for hydroxylation is 1. The standard InChI is InChI=1S/C10H18N4O4S/c1-7(2)4-12-19(17,18)13-9(10(15)16)8-5-11-14(3)6-8/h5-7,9,12-13H,4H2,1-3H3,(H,15,16). The predicted molar refractivity (Wildman–Crippen MR) is 68.5 cm³/mol. The van der Waals surface area contributed by atoms with Crippen LogP contribution in [0.5, 0.6) is 0 Å². The first-order valence-corrected chi connectivity index (χ1v) is 7.18. The van der Waals surface area contributed by atoms with Crippen molar-refractivity contribution in [3.63, 3.8) is 0 Å². The van der Waals surface area contributed by atoms with Gasteiger partial charge in [0.15, 0.2) is 0 Å². The molecule has 1 aromatic heterocycles. The molecule has 1 aromatic rings. The van der Waals surface area contributed by atoms with Gasteiger partial charge in [-0.2, -0.15) is 18.2 Å². The van der Waals surface area contributed by atoms with Crippen molar-refractivity contribution in [2.75, 3.05) is 6.54 Å². The first kappa shape index (κ1) is 15.6. The average molecular weight is 290 g/mol. The second-order valence-electron chi connectivity index (χ2n) is 4.58. The molecule has 3 N–H and O–H groups in total. The average Bonchev–Trinajstić information content (AvgIpc) is 2.70. The zero-order chi connectivity index (χ0) is 14.6. The van der Waals surface area contributed by atoms with Gasteiger partial charge in [0.05, 0.1) is 6.20 Å². The smallest absolute Gasteiger partial charge is 0.326 e. The number of carbonyl (C=O) groups is 1. The summed E-state index contributed by atoms with van der Waals surface area (Å²) in [6, 6.07) is -1.36. The Hall–Kier alpha value is -1.45. The van der Waals surface area contributed by atoms with E-state index < -0.39 is 22.2 Å². The molecule has 1 atom stereocenters. The van der Waals surface area contributed by atoms with Crippen LogP contribution in [0.4, 0.5) is 0 Å². The Morgan fingerprint density at radius 1 is 1.53 bits per heavy atom. The molecule has 19 heavy (non-hydrogen) atoms. The molecule has 0 spiro atoms. The maximum Gasteiger partial charge on any atom is 0.326 e. The zero-order valence-corrected chi connectivity index (χ0v) is 11.8. The Labute approximate surface area is 112 Å². The molecule has 108 valence electrons. The van der Waals surface area contributed by atoms with E-state index in [9.17, 15) is 13.2 Å². The van der Waals surface area contributed by atoms with Crippen molar-refractivity contribution >= 4 is 16.2 Å². The number of carboxylic acid groups (broad SMARTS) is 1. The molecule has 0 aromatic carbocycles. The molecular formula is C10H18N4O4S. The molecule has 0 aliphatic rings. The first-order valence-electron chi connectivity index (χ1n) is 5.69. The van der Waals surface area contributed by atoms with Gasteiger partial charge in [-0.25, -0.2) is 4.72 Å². The van der Waals surface area contributed by atoms with Crippen molar-refractivity contribution in [1.29, 1.82) is 0 Å². The highest BCUT2D eigenvalue weighted by Crippen LogP contribution is 2.12. The Bertz CT molecular complexity index is 537. The Morgan fingerprint density at radius 2 is 2.16 bits per heavy atom. The van der Waals surface area contributed by atoms with Gasteiger partial charge < -0.3 is 5.11 Å². The Kier molecular flexibility index (Phi) is 5.04. The van der Waals surface area contributed by atoms with Crippen LogP contribution in [0.1, 0.15) is 25.5 Å². The van der Waals surface area contributed by atoms with Gasteiger partial charge in [-0.05, 0) is 5.92 Å². The van der Waals surface area contributed by atoms with Crippen LogP contribution < -0.4 is 9.44 Å². The van der Waals surface area contributed by atoms with Crippen LogP contribution in [0.15, 0.2) is 12.4 Å². The minimum absolute atomic E-state index is 0.123. The molecule has 8 nitrogen and oxygen atoms in total. The number of nitrogens with zero attached hydrogens (tertiary/aromatic N) is 2. The van der Waals surface area contributed by atoms with Gasteiger partial charge in [-0.1, -0.05) is 13.8 Å². The summed E-state index contributed by atoms with van der Waals surface area (Å²) in [4.78, 5) is 11.1. The third-order valence-electron chi connectivity index (χ3n) is 2.26. The maximum atomic E-state index is 11.7. The highest BCUT2D eigenvalue weighted by Gasteiger charge is 2.26. The summed E-state index contributed by atoms with van der Waals surface area (Å²) in [6.07, 6.45) is 2.76. The summed E-state index contributed by atoms with van der Waals surface area (Å²) in [5.74, 6) is -1.17. The van der Waals surface area contributed by atoms with Crippen molar-refractivity contribution in [2.24, 2.45) is 13.0 Å². The number of carboxylic acids is 1. The number of hydrogen-bond donors (Lipinski definition) is 3. The van der Waals surface area contributed by atoms with Gasteiger partial charge in [-0.15, -0.1) is 0 Å². The predicted octanol–water partition coefficient (Wildman–Crippen LogP) is -0.374. The van der Waals surface area contributed by atoms with Crippen LogP contribution in [0.25, 0.3) is 0 Å². The van der Waals surface area contributed by atoms with Crippen LogP contribution in [-0.4, -0.2) is 35.8 Å². The number of rotatable bonds is 7. The molecule has 0 aliphatic heterocycles. The normalized spacial score (nSPS) is 13.7. The minimum Gasteiger partial charge on any atom is -0.480 e. The molecule has 1 heterocycles. The van der Waals surface area contributed by atoms with Gasteiger partial charge in [0, 0.05) is 25.4 Å². The monoisotopic (exact) mass is 290 g/mol. The lowest BCUT2D eigenvalue weighted by Crippen LogP contribution is -2.42. The number of aromatic nitrogens is 2. The van der Waals surface area contributed by atoms with Gasteiger partial charge in [0.2, 0.25) is 0 Å². The molecule has 0 radical (unpaired) electrons. The molecule has 0 aliphatic carbocycles. The molecule has 0 bridgehead atoms. The second-order valence-corrected chi connectivity index (χ2v) is 6.11. The van der Waals surface area contributed by atoms with Crippen molar-refractivity contribution < 1.29 is 18.3 Å². The highest BCUT2D eigenvalue weighted by molar-refractivity contribution is 7.87. The second kappa shape index (κ2) is 6.13. The number of nitrogens with one attached hydrogen (secondary N) is 2. The SMILES string of the molecule is CC(C)CNS(=O)(=O)NC(C(=O)O)c1cnn(C)c1. The topological polar surface area (TPSA) is 113 Å². The largest absolute Gasteiger partial charge is 0.480 e. The van der Waals surface area contributed by atoms with E-state index in [0.717, 1.165) is 0 Å². The van der Waals surface area contributed by atoms with E-state index in [-0.39, 0.29) is 18.0 Å². The van der Waals surface area contributed by atoms with E-state index in [1.165, 1.54) is 17.1 Å². The third kappa shape index (κ3) is 4.97. The fourth-order valence-electron chi connectivity index (χ4n) is 1.32. The molecule has 0 saturated carbocycles. The van der Waals surface area contributed by atoms with E-state index >= 15 is 0 Å². The molecule has 0 saturated heterocycles. The summed E-state index contributed by atoms with van der Waals surface area (Å²) in [5.41, 5.74) is 0.268. The minimum atomic E-state index is -3.88. The Balaban J connectivity index is 2.82. The van der Waals surface area contributed by atoms with E-state index in [1.54, 1.807) is 7.05 Å². The van der Waals surface area contributed by atoms with Crippen molar-refractivity contribution in [3.05, 3.63) is 18.0 Å². The van der Waals surface area contributed by atoms with E-state index in [4.69, 9.17) is 5.11 Å². The fourth-order valence-corrected chi connectivity index (χ4v) is 2.51. The van der Waals surface area contributed by atoms with Crippen LogP contribution >= 0.6 is 0 Å². The van der Waals surface area contributed by atoms with Crippen LogP contribution in [0.3, 0.4) is 0 Å². The quantitative estimate of drug-likeness (QED) is 0.634. The number of hydrogen-bond acceptors (Lipinski definition) is 4. The van der Waals surface area contributed by atoms with Gasteiger partial charge in [-0.3, -0.25) is 9.48 Å². The van der Waals surface area contributed by atoms with Gasteiger partial charge in [0.25, 0.3) is 10.2 Å². The van der Waals surface area contributed by atoms with Crippen LogP contribution in [0, 0.1) is 5.92 Å². The lowest BCUT2D eigenvalue weighted by atomic mass is 10.2. The van der Waals surface area contributed by atoms with Crippen LogP contribution in [-0.2, 0) is 22.1 Å². The molecule has 0 amide bonds. The van der Waals surface area contributed by atoms with E-state index in [2.05, 4.69) is 14.5 Å². The third-order valence-corrected chi connectivity index (χ3v) is 3.35. The fraction of sp³-hybridized carbons (Fsp3) is 0.600. The highest BCUT2D eigenvalue weighted by atomic mass is 32.2.